The van der Waals surface area contributed by atoms with Gasteiger partial charge in [-0.1, -0.05) is 53.0 Å². The van der Waals surface area contributed by atoms with Gasteiger partial charge in [-0.3, -0.25) is 9.69 Å². The minimum Gasteiger partial charge on any atom is -0.299 e. The van der Waals surface area contributed by atoms with E-state index in [4.69, 9.17) is 34.8 Å². The molecule has 1 aliphatic heterocycles. The Hall–Kier alpha value is -1.59. The molecule has 0 aromatic heterocycles. The first-order valence-electron chi connectivity index (χ1n) is 8.76. The lowest BCUT2D eigenvalue weighted by Gasteiger charge is -2.30. The summed E-state index contributed by atoms with van der Waals surface area (Å²) >= 11 is 17.9. The topological polar surface area (TPSA) is 44.7 Å². The summed E-state index contributed by atoms with van der Waals surface area (Å²) in [6, 6.07) is 13.0. The lowest BCUT2D eigenvalue weighted by atomic mass is 9.96. The van der Waals surface area contributed by atoms with Crippen LogP contribution in [-0.2, 0) is 11.3 Å². The highest BCUT2D eigenvalue weighted by Gasteiger charge is 2.24. The quantitative estimate of drug-likeness (QED) is 0.542. The van der Waals surface area contributed by atoms with Crippen LogP contribution in [0.3, 0.4) is 0 Å². The van der Waals surface area contributed by atoms with Crippen molar-refractivity contribution in [3.8, 4) is 0 Å². The van der Waals surface area contributed by atoms with E-state index in [0.29, 0.717) is 15.6 Å². The fraction of sp³-hybridized carbons (Fsp3) is 0.300. The molecule has 0 bridgehead atoms. The van der Waals surface area contributed by atoms with Crippen molar-refractivity contribution in [1.29, 1.82) is 0 Å². The molecule has 2 aromatic carbocycles. The number of benzene rings is 2. The highest BCUT2D eigenvalue weighted by atomic mass is 35.5. The zero-order valence-electron chi connectivity index (χ0n) is 14.7. The van der Waals surface area contributed by atoms with E-state index in [0.717, 1.165) is 37.5 Å². The molecule has 142 valence electrons. The predicted molar refractivity (Wildman–Crippen MR) is 112 cm³/mol. The molecule has 1 saturated heterocycles. The maximum absolute atomic E-state index is 12.3. The van der Waals surface area contributed by atoms with Crippen LogP contribution in [0.25, 0.3) is 0 Å². The molecule has 3 rings (SSSR count). The summed E-state index contributed by atoms with van der Waals surface area (Å²) < 4.78 is 0. The molecule has 7 heteroatoms. The van der Waals surface area contributed by atoms with Crippen LogP contribution in [0.2, 0.25) is 15.1 Å². The Balaban J connectivity index is 1.45. The number of carbonyl (C=O) groups excluding carboxylic acids is 1. The van der Waals surface area contributed by atoms with Crippen molar-refractivity contribution >= 4 is 46.9 Å². The highest BCUT2D eigenvalue weighted by molar-refractivity contribution is 6.36. The van der Waals surface area contributed by atoms with Gasteiger partial charge < -0.3 is 0 Å². The number of hydrogen-bond donors (Lipinski definition) is 1. The van der Waals surface area contributed by atoms with Crippen molar-refractivity contribution < 1.29 is 4.79 Å². The second kappa shape index (κ2) is 9.56. The molecular formula is C20H20Cl3N3O. The lowest BCUT2D eigenvalue weighted by molar-refractivity contribution is -0.126. The van der Waals surface area contributed by atoms with Crippen LogP contribution < -0.4 is 5.43 Å². The van der Waals surface area contributed by atoms with Crippen molar-refractivity contribution in [2.75, 3.05) is 13.1 Å². The van der Waals surface area contributed by atoms with Crippen LogP contribution in [0.4, 0.5) is 0 Å². The summed E-state index contributed by atoms with van der Waals surface area (Å²) in [5.74, 6) is -0.0770. The number of hydrogen-bond acceptors (Lipinski definition) is 3. The third-order valence-electron chi connectivity index (χ3n) is 4.62. The minimum atomic E-state index is -0.0533. The summed E-state index contributed by atoms with van der Waals surface area (Å²) in [5.41, 5.74) is 4.56. The van der Waals surface area contributed by atoms with E-state index in [2.05, 4.69) is 15.4 Å². The second-order valence-corrected chi connectivity index (χ2v) is 7.86. The van der Waals surface area contributed by atoms with Crippen molar-refractivity contribution in [3.63, 3.8) is 0 Å². The largest absolute Gasteiger partial charge is 0.299 e. The fourth-order valence-corrected chi connectivity index (χ4v) is 3.65. The van der Waals surface area contributed by atoms with E-state index < -0.39 is 0 Å². The summed E-state index contributed by atoms with van der Waals surface area (Å²) in [6.07, 6.45) is 3.17. The molecule has 1 heterocycles. The monoisotopic (exact) mass is 423 g/mol. The second-order valence-electron chi connectivity index (χ2n) is 6.58. The first-order chi connectivity index (χ1) is 13.0. The Morgan fingerprint density at radius 2 is 1.74 bits per heavy atom. The average molecular weight is 425 g/mol. The maximum atomic E-state index is 12.3. The zero-order chi connectivity index (χ0) is 19.2. The minimum absolute atomic E-state index is 0.0238. The van der Waals surface area contributed by atoms with Gasteiger partial charge >= 0.3 is 0 Å². The molecular weight excluding hydrogens is 405 g/mol. The van der Waals surface area contributed by atoms with Crippen molar-refractivity contribution in [1.82, 2.24) is 10.3 Å². The number of halogens is 3. The van der Waals surface area contributed by atoms with Gasteiger partial charge in [-0.2, -0.15) is 5.10 Å². The van der Waals surface area contributed by atoms with Gasteiger partial charge in [0, 0.05) is 28.1 Å². The summed E-state index contributed by atoms with van der Waals surface area (Å²) in [4.78, 5) is 14.7. The first kappa shape index (κ1) is 20.2. The third kappa shape index (κ3) is 5.94. The zero-order valence-corrected chi connectivity index (χ0v) is 16.9. The number of likely N-dealkylation sites (tertiary alicyclic amines) is 1. The van der Waals surface area contributed by atoms with Crippen molar-refractivity contribution in [2.24, 2.45) is 11.0 Å². The van der Waals surface area contributed by atoms with Crippen molar-refractivity contribution in [2.45, 2.75) is 19.4 Å². The molecule has 0 atom stereocenters. The number of carbonyl (C=O) groups is 1. The van der Waals surface area contributed by atoms with Gasteiger partial charge in [-0.05, 0) is 55.8 Å². The normalized spacial score (nSPS) is 16.0. The van der Waals surface area contributed by atoms with Gasteiger partial charge in [0.15, 0.2) is 0 Å². The molecule has 2 aromatic rings. The van der Waals surface area contributed by atoms with E-state index in [-0.39, 0.29) is 11.8 Å². The molecule has 0 radical (unpaired) electrons. The predicted octanol–water partition coefficient (Wildman–Crippen LogP) is 5.01. The van der Waals surface area contributed by atoms with Gasteiger partial charge in [0.2, 0.25) is 5.91 Å². The number of nitrogens with zero attached hydrogens (tertiary/aromatic N) is 2. The first-order valence-corrected chi connectivity index (χ1v) is 9.89. The highest BCUT2D eigenvalue weighted by Crippen LogP contribution is 2.21. The molecule has 1 N–H and O–H groups in total. The summed E-state index contributed by atoms with van der Waals surface area (Å²) in [7, 11) is 0. The Morgan fingerprint density at radius 1 is 1.07 bits per heavy atom. The molecule has 0 unspecified atom stereocenters. The fourth-order valence-electron chi connectivity index (χ4n) is 3.06. The van der Waals surface area contributed by atoms with Crippen LogP contribution in [0.15, 0.2) is 47.6 Å². The standard InChI is InChI=1S/C20H20Cl3N3O/c21-17-4-1-14(2-5-17)13-26-9-7-15(8-10-26)20(27)25-24-12-16-3-6-18(22)11-19(16)23/h1-6,11-12,15H,7-10,13H2,(H,25,27)/b24-12+. The summed E-state index contributed by atoms with van der Waals surface area (Å²) in [6.45, 7) is 2.64. The number of nitrogens with one attached hydrogen (secondary N) is 1. The maximum Gasteiger partial charge on any atom is 0.243 e. The SMILES string of the molecule is O=C(N/N=C/c1ccc(Cl)cc1Cl)C1CCN(Cc2ccc(Cl)cc2)CC1. The molecule has 27 heavy (non-hydrogen) atoms. The summed E-state index contributed by atoms with van der Waals surface area (Å²) in [5, 5.41) is 5.83. The molecule has 1 aliphatic rings. The van der Waals surface area contributed by atoms with Crippen LogP contribution in [0.5, 0.6) is 0 Å². The Morgan fingerprint density at radius 3 is 2.41 bits per heavy atom. The van der Waals surface area contributed by atoms with E-state index in [1.807, 2.05) is 24.3 Å². The Bertz CT molecular complexity index is 816. The van der Waals surface area contributed by atoms with Crippen LogP contribution in [0, 0.1) is 5.92 Å². The van der Waals surface area contributed by atoms with Gasteiger partial charge in [0.05, 0.1) is 11.2 Å². The number of piperidine rings is 1. The van der Waals surface area contributed by atoms with Gasteiger partial charge in [0.1, 0.15) is 0 Å². The molecule has 1 amide bonds. The molecule has 0 saturated carbocycles. The molecule has 0 aliphatic carbocycles. The number of hydrazone groups is 1. The van der Waals surface area contributed by atoms with E-state index in [1.165, 1.54) is 11.8 Å². The Labute approximate surface area is 174 Å². The van der Waals surface area contributed by atoms with Gasteiger partial charge in [-0.15, -0.1) is 0 Å². The van der Waals surface area contributed by atoms with Gasteiger partial charge in [0.25, 0.3) is 0 Å². The number of amides is 1. The van der Waals surface area contributed by atoms with Crippen LogP contribution in [-0.4, -0.2) is 30.1 Å². The molecule has 4 nitrogen and oxygen atoms in total. The van der Waals surface area contributed by atoms with Gasteiger partial charge in [-0.25, -0.2) is 5.43 Å². The van der Waals surface area contributed by atoms with Crippen LogP contribution >= 0.6 is 34.8 Å². The van der Waals surface area contributed by atoms with E-state index in [1.54, 1.807) is 18.2 Å². The van der Waals surface area contributed by atoms with E-state index in [9.17, 15) is 4.79 Å². The average Bonchev–Trinajstić information content (AvgIpc) is 2.66. The Kier molecular flexibility index (Phi) is 7.13. The van der Waals surface area contributed by atoms with Crippen LogP contribution in [0.1, 0.15) is 24.0 Å². The van der Waals surface area contributed by atoms with Crippen molar-refractivity contribution in [3.05, 3.63) is 68.7 Å². The molecule has 0 spiro atoms. The molecule has 1 fully saturated rings. The van der Waals surface area contributed by atoms with E-state index >= 15 is 0 Å². The number of rotatable bonds is 5. The lowest BCUT2D eigenvalue weighted by Crippen LogP contribution is -2.39. The third-order valence-corrected chi connectivity index (χ3v) is 5.43. The smallest absolute Gasteiger partial charge is 0.243 e.